The minimum absolute atomic E-state index is 0.112. The lowest BCUT2D eigenvalue weighted by Crippen LogP contribution is -2.33. The number of halogens is 1. The Labute approximate surface area is 140 Å². The van der Waals surface area contributed by atoms with E-state index >= 15 is 0 Å². The van der Waals surface area contributed by atoms with E-state index in [-0.39, 0.29) is 24.3 Å². The average molecular weight is 338 g/mol. The van der Waals surface area contributed by atoms with E-state index in [0.717, 1.165) is 19.4 Å². The van der Waals surface area contributed by atoms with Gasteiger partial charge in [0, 0.05) is 29.4 Å². The van der Waals surface area contributed by atoms with Crippen molar-refractivity contribution in [2.24, 2.45) is 5.10 Å². The Balaban J connectivity index is 1.74. The number of carbonyl (C=O) groups is 2. The van der Waals surface area contributed by atoms with Crippen molar-refractivity contribution in [1.82, 2.24) is 10.7 Å². The molecule has 1 aliphatic heterocycles. The highest BCUT2D eigenvalue weighted by molar-refractivity contribution is 6.30. The third kappa shape index (κ3) is 6.00. The number of nitrogens with one attached hydrogen (secondary N) is 2. The summed E-state index contributed by atoms with van der Waals surface area (Å²) in [7, 11) is 0. The van der Waals surface area contributed by atoms with E-state index in [1.807, 2.05) is 0 Å². The van der Waals surface area contributed by atoms with Crippen molar-refractivity contribution >= 4 is 29.1 Å². The van der Waals surface area contributed by atoms with E-state index in [9.17, 15) is 9.59 Å². The summed E-state index contributed by atoms with van der Waals surface area (Å²) in [5.41, 5.74) is 3.40. The molecule has 1 aliphatic rings. The molecule has 1 heterocycles. The normalized spacial score (nSPS) is 17.8. The fourth-order valence-electron chi connectivity index (χ4n) is 2.18. The third-order valence-corrected chi connectivity index (χ3v) is 3.67. The molecule has 0 unspecified atom stereocenters. The van der Waals surface area contributed by atoms with Crippen LogP contribution in [0.1, 0.15) is 36.5 Å². The molecule has 23 heavy (non-hydrogen) atoms. The molecule has 1 aromatic carbocycles. The highest BCUT2D eigenvalue weighted by Crippen LogP contribution is 2.10. The number of carbonyl (C=O) groups excluding carboxylic acids is 2. The summed E-state index contributed by atoms with van der Waals surface area (Å²) in [5, 5.41) is 7.30. The van der Waals surface area contributed by atoms with Gasteiger partial charge in [0.1, 0.15) is 0 Å². The van der Waals surface area contributed by atoms with Crippen molar-refractivity contribution in [3.05, 3.63) is 34.9 Å². The summed E-state index contributed by atoms with van der Waals surface area (Å²) < 4.78 is 5.43. The first kappa shape index (κ1) is 17.4. The second-order valence-corrected chi connectivity index (χ2v) is 5.85. The molecular formula is C16H20ClN3O3. The molecule has 0 saturated carbocycles. The van der Waals surface area contributed by atoms with Crippen LogP contribution in [-0.4, -0.2) is 36.8 Å². The van der Waals surface area contributed by atoms with Gasteiger partial charge in [-0.05, 0) is 44.0 Å². The standard InChI is InChI=1S/C16H20ClN3O3/c1-11(9-15(21)18-10-14-3-2-8-23-14)19-20-16(22)12-4-6-13(17)7-5-12/h4-7,14H,2-3,8-10H2,1H3,(H,18,21)(H,20,22)/b19-11-/t14-/m1/s1. The van der Waals surface area contributed by atoms with Gasteiger partial charge < -0.3 is 10.1 Å². The number of hydrogen-bond donors (Lipinski definition) is 2. The fourth-order valence-corrected chi connectivity index (χ4v) is 2.31. The molecule has 0 spiro atoms. The molecule has 1 aromatic rings. The molecule has 7 heteroatoms. The van der Waals surface area contributed by atoms with Gasteiger partial charge in [-0.2, -0.15) is 5.10 Å². The first-order valence-electron chi connectivity index (χ1n) is 7.52. The predicted molar refractivity (Wildman–Crippen MR) is 88.6 cm³/mol. The summed E-state index contributed by atoms with van der Waals surface area (Å²) in [6.45, 7) is 2.97. The molecule has 1 atom stereocenters. The van der Waals surface area contributed by atoms with Crippen LogP contribution in [0.5, 0.6) is 0 Å². The number of hydrazone groups is 1. The maximum Gasteiger partial charge on any atom is 0.271 e. The van der Waals surface area contributed by atoms with Gasteiger partial charge >= 0.3 is 0 Å². The highest BCUT2D eigenvalue weighted by Gasteiger charge is 2.16. The molecule has 0 radical (unpaired) electrons. The smallest absolute Gasteiger partial charge is 0.271 e. The van der Waals surface area contributed by atoms with Gasteiger partial charge in [0.25, 0.3) is 5.91 Å². The zero-order valence-corrected chi connectivity index (χ0v) is 13.7. The fraction of sp³-hybridized carbons (Fsp3) is 0.438. The van der Waals surface area contributed by atoms with Crippen LogP contribution in [0.3, 0.4) is 0 Å². The first-order chi connectivity index (χ1) is 11.0. The van der Waals surface area contributed by atoms with Gasteiger partial charge in [-0.25, -0.2) is 5.43 Å². The van der Waals surface area contributed by atoms with Crippen LogP contribution in [0, 0.1) is 0 Å². The zero-order valence-electron chi connectivity index (χ0n) is 13.0. The van der Waals surface area contributed by atoms with Gasteiger partial charge in [0.2, 0.25) is 5.91 Å². The molecule has 0 aliphatic carbocycles. The van der Waals surface area contributed by atoms with Gasteiger partial charge in [-0.15, -0.1) is 0 Å². The number of hydrogen-bond acceptors (Lipinski definition) is 4. The van der Waals surface area contributed by atoms with E-state index < -0.39 is 0 Å². The van der Waals surface area contributed by atoms with E-state index in [4.69, 9.17) is 16.3 Å². The number of ether oxygens (including phenoxy) is 1. The van der Waals surface area contributed by atoms with Crippen molar-refractivity contribution in [1.29, 1.82) is 0 Å². The van der Waals surface area contributed by atoms with Crippen molar-refractivity contribution in [2.75, 3.05) is 13.2 Å². The number of benzene rings is 1. The summed E-state index contributed by atoms with van der Waals surface area (Å²) >= 11 is 5.77. The second kappa shape index (κ2) is 8.64. The Morgan fingerprint density at radius 3 is 2.74 bits per heavy atom. The lowest BCUT2D eigenvalue weighted by atomic mass is 10.2. The quantitative estimate of drug-likeness (QED) is 0.616. The van der Waals surface area contributed by atoms with Crippen molar-refractivity contribution in [3.8, 4) is 0 Å². The van der Waals surface area contributed by atoms with E-state index in [1.54, 1.807) is 31.2 Å². The molecule has 0 bridgehead atoms. The molecule has 124 valence electrons. The largest absolute Gasteiger partial charge is 0.376 e. The summed E-state index contributed by atoms with van der Waals surface area (Å²) in [5.74, 6) is -0.483. The Morgan fingerprint density at radius 2 is 2.09 bits per heavy atom. The lowest BCUT2D eigenvalue weighted by molar-refractivity contribution is -0.120. The SMILES string of the molecule is C/C(CC(=O)NC[C@H]1CCCO1)=N/NC(=O)c1ccc(Cl)cc1. The molecule has 1 fully saturated rings. The molecule has 2 rings (SSSR count). The Hall–Kier alpha value is -1.92. The lowest BCUT2D eigenvalue weighted by Gasteiger charge is -2.10. The number of nitrogens with zero attached hydrogens (tertiary/aromatic N) is 1. The van der Waals surface area contributed by atoms with Crippen LogP contribution < -0.4 is 10.7 Å². The highest BCUT2D eigenvalue weighted by atomic mass is 35.5. The maximum absolute atomic E-state index is 11.9. The second-order valence-electron chi connectivity index (χ2n) is 5.41. The van der Waals surface area contributed by atoms with Gasteiger partial charge in [-0.1, -0.05) is 11.6 Å². The molecule has 1 saturated heterocycles. The maximum atomic E-state index is 11.9. The van der Waals surface area contributed by atoms with Crippen LogP contribution in [0.2, 0.25) is 5.02 Å². The summed E-state index contributed by atoms with van der Waals surface area (Å²) in [4.78, 5) is 23.7. The Kier molecular flexibility index (Phi) is 6.55. The van der Waals surface area contributed by atoms with E-state index in [1.165, 1.54) is 0 Å². The van der Waals surface area contributed by atoms with Crippen LogP contribution in [-0.2, 0) is 9.53 Å². The Morgan fingerprint density at radius 1 is 1.35 bits per heavy atom. The zero-order chi connectivity index (χ0) is 16.7. The van der Waals surface area contributed by atoms with Gasteiger partial charge in [-0.3, -0.25) is 9.59 Å². The first-order valence-corrected chi connectivity index (χ1v) is 7.90. The van der Waals surface area contributed by atoms with Crippen LogP contribution in [0.15, 0.2) is 29.4 Å². The van der Waals surface area contributed by atoms with E-state index in [0.29, 0.717) is 22.8 Å². The molecule has 6 nitrogen and oxygen atoms in total. The van der Waals surface area contributed by atoms with Gasteiger partial charge in [0.05, 0.1) is 12.5 Å². The average Bonchev–Trinajstić information content (AvgIpc) is 3.05. The molecule has 0 aromatic heterocycles. The van der Waals surface area contributed by atoms with Crippen molar-refractivity contribution in [2.45, 2.75) is 32.3 Å². The molecule has 2 amide bonds. The number of amides is 2. The number of rotatable bonds is 6. The van der Waals surface area contributed by atoms with Gasteiger partial charge in [0.15, 0.2) is 0 Å². The Bertz CT molecular complexity index is 581. The van der Waals surface area contributed by atoms with Crippen molar-refractivity contribution < 1.29 is 14.3 Å². The molecular weight excluding hydrogens is 318 g/mol. The topological polar surface area (TPSA) is 79.8 Å². The predicted octanol–water partition coefficient (Wildman–Crippen LogP) is 2.13. The minimum atomic E-state index is -0.346. The minimum Gasteiger partial charge on any atom is -0.376 e. The van der Waals surface area contributed by atoms with Crippen LogP contribution in [0.25, 0.3) is 0 Å². The van der Waals surface area contributed by atoms with Crippen molar-refractivity contribution in [3.63, 3.8) is 0 Å². The monoisotopic (exact) mass is 337 g/mol. The summed E-state index contributed by atoms with van der Waals surface area (Å²) in [6.07, 6.45) is 2.26. The summed E-state index contributed by atoms with van der Waals surface area (Å²) in [6, 6.07) is 6.48. The van der Waals surface area contributed by atoms with Crippen LogP contribution in [0.4, 0.5) is 0 Å². The third-order valence-electron chi connectivity index (χ3n) is 3.42. The van der Waals surface area contributed by atoms with E-state index in [2.05, 4.69) is 15.8 Å². The van der Waals surface area contributed by atoms with Crippen LogP contribution >= 0.6 is 11.6 Å². The molecule has 2 N–H and O–H groups in total.